The van der Waals surface area contributed by atoms with Crippen LogP contribution in [0.3, 0.4) is 0 Å². The lowest BCUT2D eigenvalue weighted by Crippen LogP contribution is -2.11. The first-order valence-corrected chi connectivity index (χ1v) is 5.38. The van der Waals surface area contributed by atoms with Crippen molar-refractivity contribution in [2.24, 2.45) is 0 Å². The number of nitrogens with zero attached hydrogens (tertiary/aromatic N) is 3. The summed E-state index contributed by atoms with van der Waals surface area (Å²) in [6, 6.07) is 7.36. The molecule has 6 nitrogen and oxygen atoms in total. The Bertz CT molecular complexity index is 560. The molecule has 2 aromatic rings. The first kappa shape index (κ1) is 12.1. The molecule has 18 heavy (non-hydrogen) atoms. The van der Waals surface area contributed by atoms with E-state index in [1.165, 1.54) is 4.68 Å². The van der Waals surface area contributed by atoms with Crippen molar-refractivity contribution in [3.8, 4) is 5.75 Å². The lowest BCUT2D eigenvalue weighted by atomic mass is 10.2. The third-order valence-corrected chi connectivity index (χ3v) is 2.60. The van der Waals surface area contributed by atoms with Crippen molar-refractivity contribution in [3.63, 3.8) is 0 Å². The third kappa shape index (κ3) is 2.32. The van der Waals surface area contributed by atoms with Gasteiger partial charge in [0.25, 0.3) is 0 Å². The summed E-state index contributed by atoms with van der Waals surface area (Å²) in [7, 11) is 1.60. The van der Waals surface area contributed by atoms with Crippen molar-refractivity contribution in [2.45, 2.75) is 13.5 Å². The van der Waals surface area contributed by atoms with E-state index in [1.807, 2.05) is 24.3 Å². The number of hydrogen-bond donors (Lipinski definition) is 1. The van der Waals surface area contributed by atoms with Gasteiger partial charge in [0, 0.05) is 0 Å². The number of benzene rings is 1. The summed E-state index contributed by atoms with van der Waals surface area (Å²) in [4.78, 5) is 11.1. The van der Waals surface area contributed by atoms with E-state index < -0.39 is 5.97 Å². The van der Waals surface area contributed by atoms with E-state index in [1.54, 1.807) is 14.0 Å². The fourth-order valence-electron chi connectivity index (χ4n) is 1.68. The van der Waals surface area contributed by atoms with Gasteiger partial charge in [-0.1, -0.05) is 17.3 Å². The molecular formula is C12H13N3O3. The number of carboxylic acid groups (broad SMARTS) is 1. The maximum Gasteiger partial charge on any atom is 0.356 e. The van der Waals surface area contributed by atoms with E-state index in [-0.39, 0.29) is 5.69 Å². The lowest BCUT2D eigenvalue weighted by molar-refractivity contribution is 0.0683. The van der Waals surface area contributed by atoms with Gasteiger partial charge in [-0.15, -0.1) is 5.10 Å². The third-order valence-electron chi connectivity index (χ3n) is 2.60. The second-order valence-corrected chi connectivity index (χ2v) is 3.83. The van der Waals surface area contributed by atoms with Crippen LogP contribution in [-0.4, -0.2) is 33.2 Å². The van der Waals surface area contributed by atoms with Crippen LogP contribution in [0.2, 0.25) is 0 Å². The number of carboxylic acids is 1. The Labute approximate surface area is 104 Å². The van der Waals surface area contributed by atoms with Gasteiger partial charge in [0.2, 0.25) is 0 Å². The standard InChI is InChI=1S/C12H13N3O3/c1-8-11(12(16)17)15(14-13-8)7-9-3-5-10(18-2)6-4-9/h3-6H,7H2,1-2H3,(H,16,17). The highest BCUT2D eigenvalue weighted by Crippen LogP contribution is 2.13. The molecule has 0 aliphatic heterocycles. The zero-order valence-electron chi connectivity index (χ0n) is 10.1. The molecule has 0 radical (unpaired) electrons. The van der Waals surface area contributed by atoms with Gasteiger partial charge in [0.1, 0.15) is 5.75 Å². The summed E-state index contributed by atoms with van der Waals surface area (Å²) in [6.07, 6.45) is 0. The van der Waals surface area contributed by atoms with Crippen LogP contribution in [-0.2, 0) is 6.54 Å². The molecule has 0 bridgehead atoms. The van der Waals surface area contributed by atoms with Crippen LogP contribution in [0.1, 0.15) is 21.7 Å². The molecule has 0 aliphatic rings. The molecule has 0 unspecified atom stereocenters. The largest absolute Gasteiger partial charge is 0.497 e. The monoisotopic (exact) mass is 247 g/mol. The quantitative estimate of drug-likeness (QED) is 0.882. The molecule has 0 atom stereocenters. The minimum atomic E-state index is -1.02. The van der Waals surface area contributed by atoms with Crippen molar-refractivity contribution >= 4 is 5.97 Å². The summed E-state index contributed by atoms with van der Waals surface area (Å²) < 4.78 is 6.43. The molecule has 0 amide bonds. The predicted molar refractivity (Wildman–Crippen MR) is 63.8 cm³/mol. The van der Waals surface area contributed by atoms with Gasteiger partial charge in [-0.05, 0) is 24.6 Å². The van der Waals surface area contributed by atoms with Gasteiger partial charge in [-0.3, -0.25) is 0 Å². The first-order valence-electron chi connectivity index (χ1n) is 5.38. The van der Waals surface area contributed by atoms with E-state index in [4.69, 9.17) is 9.84 Å². The zero-order chi connectivity index (χ0) is 13.1. The molecule has 0 spiro atoms. The minimum absolute atomic E-state index is 0.116. The first-order chi connectivity index (χ1) is 8.61. The van der Waals surface area contributed by atoms with Crippen molar-refractivity contribution in [1.29, 1.82) is 0 Å². The number of hydrogen-bond acceptors (Lipinski definition) is 4. The highest BCUT2D eigenvalue weighted by atomic mass is 16.5. The van der Waals surface area contributed by atoms with Crippen LogP contribution < -0.4 is 4.74 Å². The molecular weight excluding hydrogens is 234 g/mol. The Morgan fingerprint density at radius 1 is 1.39 bits per heavy atom. The number of aryl methyl sites for hydroxylation is 1. The summed E-state index contributed by atoms with van der Waals surface area (Å²) in [6.45, 7) is 1.99. The molecule has 1 aromatic carbocycles. The molecule has 0 aliphatic carbocycles. The van der Waals surface area contributed by atoms with Gasteiger partial charge < -0.3 is 9.84 Å². The lowest BCUT2D eigenvalue weighted by Gasteiger charge is -2.05. The van der Waals surface area contributed by atoms with Gasteiger partial charge in [0.15, 0.2) is 5.69 Å². The average molecular weight is 247 g/mol. The topological polar surface area (TPSA) is 77.2 Å². The molecule has 0 saturated heterocycles. The SMILES string of the molecule is COc1ccc(Cn2nnc(C)c2C(=O)O)cc1. The Morgan fingerprint density at radius 2 is 2.06 bits per heavy atom. The van der Waals surface area contributed by atoms with Gasteiger partial charge in [-0.2, -0.15) is 0 Å². The molecule has 6 heteroatoms. The fraction of sp³-hybridized carbons (Fsp3) is 0.250. The summed E-state index contributed by atoms with van der Waals surface area (Å²) in [5.41, 5.74) is 1.46. The molecule has 1 heterocycles. The Hall–Kier alpha value is -2.37. The number of ether oxygens (including phenoxy) is 1. The van der Waals surface area contributed by atoms with Gasteiger partial charge in [0.05, 0.1) is 19.3 Å². The van der Waals surface area contributed by atoms with Crippen LogP contribution in [0, 0.1) is 6.92 Å². The minimum Gasteiger partial charge on any atom is -0.497 e. The normalized spacial score (nSPS) is 10.3. The molecule has 94 valence electrons. The van der Waals surface area contributed by atoms with Crippen LogP contribution in [0.15, 0.2) is 24.3 Å². The van der Waals surface area contributed by atoms with Gasteiger partial charge >= 0.3 is 5.97 Å². The smallest absolute Gasteiger partial charge is 0.356 e. The zero-order valence-corrected chi connectivity index (χ0v) is 10.1. The molecule has 1 aromatic heterocycles. The average Bonchev–Trinajstić information content (AvgIpc) is 2.71. The van der Waals surface area contributed by atoms with Crippen LogP contribution in [0.4, 0.5) is 0 Å². The van der Waals surface area contributed by atoms with E-state index in [0.717, 1.165) is 11.3 Å². The van der Waals surface area contributed by atoms with Crippen molar-refractivity contribution < 1.29 is 14.6 Å². The van der Waals surface area contributed by atoms with Crippen LogP contribution in [0.5, 0.6) is 5.75 Å². The Balaban J connectivity index is 2.25. The molecule has 0 fully saturated rings. The summed E-state index contributed by atoms with van der Waals surface area (Å²) in [5, 5.41) is 16.7. The molecule has 0 saturated carbocycles. The van der Waals surface area contributed by atoms with Crippen molar-refractivity contribution in [3.05, 3.63) is 41.2 Å². The van der Waals surface area contributed by atoms with Crippen LogP contribution in [0.25, 0.3) is 0 Å². The second kappa shape index (κ2) is 4.87. The Kier molecular flexibility index (Phi) is 3.27. The maximum atomic E-state index is 11.1. The van der Waals surface area contributed by atoms with Crippen LogP contribution >= 0.6 is 0 Å². The highest BCUT2D eigenvalue weighted by Gasteiger charge is 2.16. The van der Waals surface area contributed by atoms with E-state index in [0.29, 0.717) is 12.2 Å². The maximum absolute atomic E-state index is 11.1. The van der Waals surface area contributed by atoms with Crippen molar-refractivity contribution in [1.82, 2.24) is 15.0 Å². The number of methoxy groups -OCH3 is 1. The van der Waals surface area contributed by atoms with E-state index in [2.05, 4.69) is 10.3 Å². The number of aromatic carboxylic acids is 1. The molecule has 1 N–H and O–H groups in total. The van der Waals surface area contributed by atoms with Crippen molar-refractivity contribution in [2.75, 3.05) is 7.11 Å². The number of aromatic nitrogens is 3. The van der Waals surface area contributed by atoms with E-state index >= 15 is 0 Å². The summed E-state index contributed by atoms with van der Waals surface area (Å²) >= 11 is 0. The second-order valence-electron chi connectivity index (χ2n) is 3.83. The summed E-state index contributed by atoms with van der Waals surface area (Å²) in [5.74, 6) is -0.266. The van der Waals surface area contributed by atoms with E-state index in [9.17, 15) is 4.79 Å². The fourth-order valence-corrected chi connectivity index (χ4v) is 1.68. The number of rotatable bonds is 4. The predicted octanol–water partition coefficient (Wildman–Crippen LogP) is 1.34. The Morgan fingerprint density at radius 3 is 2.61 bits per heavy atom. The van der Waals surface area contributed by atoms with Gasteiger partial charge in [-0.25, -0.2) is 9.48 Å². The molecule has 2 rings (SSSR count). The highest BCUT2D eigenvalue weighted by molar-refractivity contribution is 5.86. The number of carbonyl (C=O) groups is 1.